The Morgan fingerprint density at radius 1 is 1.23 bits per heavy atom. The SMILES string of the molecule is CCN(C)C=Nc1cc(C)c(C(=O)n2ccc3c(Cl)cccc32)cc1C. The van der Waals surface area contributed by atoms with Crippen LogP contribution in [0.15, 0.2) is 47.6 Å². The molecule has 0 bridgehead atoms. The van der Waals surface area contributed by atoms with Crippen LogP contribution in [0.1, 0.15) is 28.4 Å². The summed E-state index contributed by atoms with van der Waals surface area (Å²) >= 11 is 6.23. The lowest BCUT2D eigenvalue weighted by Gasteiger charge is -2.12. The predicted molar refractivity (Wildman–Crippen MR) is 109 cm³/mol. The number of halogens is 1. The second-order valence-electron chi connectivity index (χ2n) is 6.43. The van der Waals surface area contributed by atoms with Gasteiger partial charge in [0.05, 0.1) is 17.5 Å². The largest absolute Gasteiger partial charge is 0.366 e. The Morgan fingerprint density at radius 3 is 2.73 bits per heavy atom. The van der Waals surface area contributed by atoms with Crippen LogP contribution in [0, 0.1) is 13.8 Å². The first-order chi connectivity index (χ1) is 12.4. The molecule has 1 aromatic heterocycles. The minimum Gasteiger partial charge on any atom is -0.366 e. The van der Waals surface area contributed by atoms with Gasteiger partial charge in [-0.2, -0.15) is 0 Å². The maximum Gasteiger partial charge on any atom is 0.262 e. The molecular weight excluding hydrogens is 346 g/mol. The number of fused-ring (bicyclic) bond motifs is 1. The van der Waals surface area contributed by atoms with Crippen LogP contribution in [0.2, 0.25) is 5.02 Å². The molecule has 134 valence electrons. The van der Waals surface area contributed by atoms with Gasteiger partial charge in [0.15, 0.2) is 0 Å². The Morgan fingerprint density at radius 2 is 2.00 bits per heavy atom. The van der Waals surface area contributed by atoms with Crippen molar-refractivity contribution in [3.05, 3.63) is 64.3 Å². The molecule has 3 rings (SSSR count). The van der Waals surface area contributed by atoms with E-state index in [9.17, 15) is 4.79 Å². The summed E-state index contributed by atoms with van der Waals surface area (Å²) in [6, 6.07) is 11.3. The highest BCUT2D eigenvalue weighted by atomic mass is 35.5. The molecule has 0 saturated heterocycles. The minimum atomic E-state index is -0.0657. The molecule has 4 nitrogen and oxygen atoms in total. The average Bonchev–Trinajstić information content (AvgIpc) is 3.06. The summed E-state index contributed by atoms with van der Waals surface area (Å²) < 4.78 is 1.65. The van der Waals surface area contributed by atoms with Crippen LogP contribution < -0.4 is 0 Å². The van der Waals surface area contributed by atoms with Gasteiger partial charge in [-0.05, 0) is 62.2 Å². The standard InChI is InChI=1S/C21H22ClN3O/c1-5-24(4)13-23-19-12-14(2)17(11-15(19)3)21(26)25-10-9-16-18(22)7-6-8-20(16)25/h6-13H,5H2,1-4H3. The van der Waals surface area contributed by atoms with Gasteiger partial charge in [0.25, 0.3) is 5.91 Å². The van der Waals surface area contributed by atoms with Crippen LogP contribution in [0.3, 0.4) is 0 Å². The van der Waals surface area contributed by atoms with Gasteiger partial charge in [-0.1, -0.05) is 17.7 Å². The van der Waals surface area contributed by atoms with Crippen LogP contribution in [0.25, 0.3) is 10.9 Å². The Labute approximate surface area is 158 Å². The molecule has 0 aliphatic carbocycles. The molecule has 2 aromatic carbocycles. The summed E-state index contributed by atoms with van der Waals surface area (Å²) in [5.41, 5.74) is 4.22. The molecule has 0 amide bonds. The van der Waals surface area contributed by atoms with Gasteiger partial charge in [0, 0.05) is 35.8 Å². The third-order valence-corrected chi connectivity index (χ3v) is 4.89. The quantitative estimate of drug-likeness (QED) is 0.468. The molecule has 0 unspecified atom stereocenters. The van der Waals surface area contributed by atoms with Crippen molar-refractivity contribution >= 4 is 40.4 Å². The van der Waals surface area contributed by atoms with Crippen molar-refractivity contribution in [2.75, 3.05) is 13.6 Å². The van der Waals surface area contributed by atoms with Gasteiger partial charge in [0.2, 0.25) is 0 Å². The maximum absolute atomic E-state index is 13.1. The van der Waals surface area contributed by atoms with E-state index in [1.807, 2.05) is 68.5 Å². The third-order valence-electron chi connectivity index (χ3n) is 4.56. The van der Waals surface area contributed by atoms with E-state index in [4.69, 9.17) is 11.6 Å². The zero-order valence-electron chi connectivity index (χ0n) is 15.5. The van der Waals surface area contributed by atoms with Gasteiger partial charge < -0.3 is 4.90 Å². The molecule has 0 saturated carbocycles. The van der Waals surface area contributed by atoms with E-state index in [0.717, 1.165) is 34.3 Å². The van der Waals surface area contributed by atoms with Gasteiger partial charge in [-0.3, -0.25) is 9.36 Å². The molecule has 5 heteroatoms. The molecule has 0 atom stereocenters. The molecule has 0 spiro atoms. The summed E-state index contributed by atoms with van der Waals surface area (Å²) in [6.45, 7) is 6.87. The molecule has 1 heterocycles. The van der Waals surface area contributed by atoms with Crippen LogP contribution in [-0.2, 0) is 0 Å². The lowest BCUT2D eigenvalue weighted by molar-refractivity contribution is 0.0964. The highest BCUT2D eigenvalue weighted by molar-refractivity contribution is 6.35. The fourth-order valence-electron chi connectivity index (χ4n) is 2.85. The highest BCUT2D eigenvalue weighted by Crippen LogP contribution is 2.27. The van der Waals surface area contributed by atoms with Gasteiger partial charge >= 0.3 is 0 Å². The van der Waals surface area contributed by atoms with Crippen LogP contribution >= 0.6 is 11.6 Å². The summed E-state index contributed by atoms with van der Waals surface area (Å²) in [5, 5.41) is 1.52. The normalized spacial score (nSPS) is 11.4. The van der Waals surface area contributed by atoms with E-state index in [1.54, 1.807) is 10.8 Å². The first-order valence-electron chi connectivity index (χ1n) is 8.58. The Balaban J connectivity index is 2.01. The van der Waals surface area contributed by atoms with Gasteiger partial charge in [-0.15, -0.1) is 0 Å². The highest BCUT2D eigenvalue weighted by Gasteiger charge is 2.16. The minimum absolute atomic E-state index is 0.0657. The monoisotopic (exact) mass is 367 g/mol. The second-order valence-corrected chi connectivity index (χ2v) is 6.84. The van der Waals surface area contributed by atoms with Crippen molar-refractivity contribution in [3.63, 3.8) is 0 Å². The van der Waals surface area contributed by atoms with Crippen LogP contribution in [0.4, 0.5) is 5.69 Å². The molecular formula is C21H22ClN3O. The summed E-state index contributed by atoms with van der Waals surface area (Å²) in [6.07, 6.45) is 3.58. The number of rotatable bonds is 4. The average molecular weight is 368 g/mol. The number of aliphatic imine (C=N–C) groups is 1. The molecule has 3 aromatic rings. The number of carbonyl (C=O) groups excluding carboxylic acids is 1. The van der Waals surface area contributed by atoms with Crippen LogP contribution in [-0.4, -0.2) is 35.3 Å². The number of hydrogen-bond acceptors (Lipinski definition) is 2. The second kappa shape index (κ2) is 7.34. The number of aromatic nitrogens is 1. The van der Waals surface area contributed by atoms with Crippen molar-refractivity contribution in [1.82, 2.24) is 9.47 Å². The number of hydrogen-bond donors (Lipinski definition) is 0. The predicted octanol–water partition coefficient (Wildman–Crippen LogP) is 5.21. The van der Waals surface area contributed by atoms with Gasteiger partial charge in [-0.25, -0.2) is 4.99 Å². The van der Waals surface area contributed by atoms with E-state index < -0.39 is 0 Å². The van der Waals surface area contributed by atoms with Crippen molar-refractivity contribution in [3.8, 4) is 0 Å². The van der Waals surface area contributed by atoms with Crippen molar-refractivity contribution in [2.24, 2.45) is 4.99 Å². The Bertz CT molecular complexity index is 1000. The fourth-order valence-corrected chi connectivity index (χ4v) is 3.08. The summed E-state index contributed by atoms with van der Waals surface area (Å²) in [5.74, 6) is -0.0657. The van der Waals surface area contributed by atoms with E-state index in [-0.39, 0.29) is 5.91 Å². The smallest absolute Gasteiger partial charge is 0.262 e. The summed E-state index contributed by atoms with van der Waals surface area (Å²) in [4.78, 5) is 19.6. The van der Waals surface area contributed by atoms with E-state index in [0.29, 0.717) is 10.6 Å². The summed E-state index contributed by atoms with van der Waals surface area (Å²) in [7, 11) is 1.98. The van der Waals surface area contributed by atoms with E-state index >= 15 is 0 Å². The first kappa shape index (κ1) is 18.2. The molecule has 0 fully saturated rings. The third kappa shape index (κ3) is 3.37. The lowest BCUT2D eigenvalue weighted by Crippen LogP contribution is -2.14. The molecule has 0 N–H and O–H groups in total. The molecule has 0 aliphatic heterocycles. The Kier molecular flexibility index (Phi) is 5.14. The van der Waals surface area contributed by atoms with Crippen molar-refractivity contribution in [2.45, 2.75) is 20.8 Å². The van der Waals surface area contributed by atoms with Gasteiger partial charge in [0.1, 0.15) is 0 Å². The maximum atomic E-state index is 13.1. The van der Waals surface area contributed by atoms with E-state index in [1.165, 1.54) is 0 Å². The number of aryl methyl sites for hydroxylation is 2. The fraction of sp³-hybridized carbons (Fsp3) is 0.238. The Hall–Kier alpha value is -2.59. The zero-order chi connectivity index (χ0) is 18.8. The van der Waals surface area contributed by atoms with Crippen molar-refractivity contribution < 1.29 is 4.79 Å². The van der Waals surface area contributed by atoms with E-state index in [2.05, 4.69) is 11.9 Å². The van der Waals surface area contributed by atoms with Crippen molar-refractivity contribution in [1.29, 1.82) is 0 Å². The molecule has 26 heavy (non-hydrogen) atoms. The number of nitrogens with zero attached hydrogens (tertiary/aromatic N) is 3. The molecule has 0 radical (unpaired) electrons. The van der Waals surface area contributed by atoms with Crippen LogP contribution in [0.5, 0.6) is 0 Å². The zero-order valence-corrected chi connectivity index (χ0v) is 16.2. The number of carbonyl (C=O) groups is 1. The lowest BCUT2D eigenvalue weighted by atomic mass is 10.0. The topological polar surface area (TPSA) is 37.6 Å². The first-order valence-corrected chi connectivity index (χ1v) is 8.96. The molecule has 0 aliphatic rings. The number of benzene rings is 2.